The van der Waals surface area contributed by atoms with Crippen LogP contribution in [0.15, 0.2) is 53.4 Å². The average molecular weight is 380 g/mol. The number of halogens is 3. The van der Waals surface area contributed by atoms with Crippen molar-refractivity contribution >= 4 is 32.2 Å². The van der Waals surface area contributed by atoms with Gasteiger partial charge in [0.25, 0.3) is 10.0 Å². The van der Waals surface area contributed by atoms with Gasteiger partial charge in [-0.15, -0.1) is 0 Å². The second-order valence-corrected chi connectivity index (χ2v) is 7.50. The number of nitrogens with one attached hydrogen (secondary N) is 1. The summed E-state index contributed by atoms with van der Waals surface area (Å²) >= 11 is 0. The first-order valence-corrected chi connectivity index (χ1v) is 9.06. The van der Waals surface area contributed by atoms with Gasteiger partial charge in [-0.2, -0.15) is 0 Å². The van der Waals surface area contributed by atoms with Gasteiger partial charge in [0.05, 0.1) is 10.6 Å². The minimum Gasteiger partial charge on any atom is -0.377 e. The fourth-order valence-electron chi connectivity index (χ4n) is 2.69. The Morgan fingerprint density at radius 3 is 2.19 bits per heavy atom. The lowest BCUT2D eigenvalue weighted by Gasteiger charge is -2.17. The Morgan fingerprint density at radius 1 is 0.846 bits per heavy atom. The molecule has 0 atom stereocenters. The van der Waals surface area contributed by atoms with Gasteiger partial charge in [0.15, 0.2) is 17.5 Å². The maximum atomic E-state index is 13.8. The summed E-state index contributed by atoms with van der Waals surface area (Å²) in [5.41, 5.74) is 0.142. The largest absolute Gasteiger partial charge is 0.377 e. The fourth-order valence-corrected chi connectivity index (χ4v) is 3.98. The zero-order valence-electron chi connectivity index (χ0n) is 13.9. The van der Waals surface area contributed by atoms with Crippen LogP contribution in [0.1, 0.15) is 0 Å². The third-order valence-corrected chi connectivity index (χ3v) is 5.33. The van der Waals surface area contributed by atoms with Crippen LogP contribution in [0.5, 0.6) is 0 Å². The van der Waals surface area contributed by atoms with Gasteiger partial charge in [0.2, 0.25) is 0 Å². The predicted octanol–water partition coefficient (Wildman–Crippen LogP) is 4.12. The number of nitrogens with zero attached hydrogens (tertiary/aromatic N) is 1. The summed E-state index contributed by atoms with van der Waals surface area (Å²) in [7, 11) is -0.584. The molecule has 0 saturated carbocycles. The van der Waals surface area contributed by atoms with Crippen molar-refractivity contribution in [2.45, 2.75) is 4.90 Å². The van der Waals surface area contributed by atoms with Crippen molar-refractivity contribution < 1.29 is 21.6 Å². The number of sulfonamides is 1. The first-order chi connectivity index (χ1) is 12.2. The van der Waals surface area contributed by atoms with Crippen LogP contribution in [0, 0.1) is 17.5 Å². The quantitative estimate of drug-likeness (QED) is 0.693. The zero-order chi connectivity index (χ0) is 19.1. The molecule has 136 valence electrons. The van der Waals surface area contributed by atoms with Crippen LogP contribution >= 0.6 is 0 Å². The lowest BCUT2D eigenvalue weighted by molar-refractivity contribution is 0.449. The van der Waals surface area contributed by atoms with Crippen LogP contribution in [0.3, 0.4) is 0 Å². The fraction of sp³-hybridized carbons (Fsp3) is 0.111. The molecule has 0 radical (unpaired) electrons. The van der Waals surface area contributed by atoms with E-state index < -0.39 is 33.2 Å². The van der Waals surface area contributed by atoms with Crippen molar-refractivity contribution in [2.24, 2.45) is 0 Å². The van der Waals surface area contributed by atoms with Gasteiger partial charge in [-0.25, -0.2) is 21.6 Å². The van der Waals surface area contributed by atoms with Crippen LogP contribution in [-0.4, -0.2) is 22.5 Å². The summed E-state index contributed by atoms with van der Waals surface area (Å²) in [6.45, 7) is 0. The van der Waals surface area contributed by atoms with Crippen LogP contribution in [0.25, 0.3) is 10.8 Å². The summed E-state index contributed by atoms with van der Waals surface area (Å²) in [4.78, 5) is 1.74. The standard InChI is InChI=1S/C18H15F3N2O2S/c1-23(2)15-7-3-6-12-11(15)5-4-8-16(12)26(24,25)22-14-10-9-13(19)17(20)18(14)21/h3-10,22H,1-2H3. The van der Waals surface area contributed by atoms with E-state index in [2.05, 4.69) is 0 Å². The molecule has 0 aliphatic rings. The average Bonchev–Trinajstić information content (AvgIpc) is 2.61. The summed E-state index contributed by atoms with van der Waals surface area (Å²) in [6.07, 6.45) is 0. The number of rotatable bonds is 4. The second-order valence-electron chi connectivity index (χ2n) is 5.85. The van der Waals surface area contributed by atoms with E-state index in [9.17, 15) is 21.6 Å². The molecule has 3 rings (SSSR count). The number of anilines is 2. The van der Waals surface area contributed by atoms with Gasteiger partial charge in [0.1, 0.15) is 0 Å². The summed E-state index contributed by atoms with van der Waals surface area (Å²) in [6, 6.07) is 11.3. The SMILES string of the molecule is CN(C)c1cccc2c(S(=O)(=O)Nc3ccc(F)c(F)c3F)cccc12. The van der Waals surface area contributed by atoms with Crippen molar-refractivity contribution in [2.75, 3.05) is 23.7 Å². The Labute approximate surface area is 148 Å². The molecule has 4 nitrogen and oxygen atoms in total. The first-order valence-electron chi connectivity index (χ1n) is 7.58. The summed E-state index contributed by atoms with van der Waals surface area (Å²) in [5, 5.41) is 1.11. The molecule has 0 saturated heterocycles. The molecule has 0 unspecified atom stereocenters. The van der Waals surface area contributed by atoms with E-state index in [4.69, 9.17) is 0 Å². The molecular formula is C18H15F3N2O2S. The van der Waals surface area contributed by atoms with E-state index in [0.717, 1.165) is 11.8 Å². The summed E-state index contributed by atoms with van der Waals surface area (Å²) in [5.74, 6) is -4.73. The molecule has 1 N–H and O–H groups in total. The highest BCUT2D eigenvalue weighted by Gasteiger charge is 2.22. The molecule has 0 aliphatic heterocycles. The van der Waals surface area contributed by atoms with Gasteiger partial charge in [0, 0.05) is 30.6 Å². The predicted molar refractivity (Wildman–Crippen MR) is 95.4 cm³/mol. The third kappa shape index (κ3) is 3.08. The minimum absolute atomic E-state index is 0.0946. The number of hydrogen-bond donors (Lipinski definition) is 1. The maximum absolute atomic E-state index is 13.8. The molecule has 3 aromatic rings. The molecule has 8 heteroatoms. The lowest BCUT2D eigenvalue weighted by Crippen LogP contribution is -2.15. The maximum Gasteiger partial charge on any atom is 0.262 e. The van der Waals surface area contributed by atoms with E-state index in [1.807, 2.05) is 29.8 Å². The van der Waals surface area contributed by atoms with Gasteiger partial charge < -0.3 is 4.90 Å². The molecule has 3 aromatic carbocycles. The number of hydrogen-bond acceptors (Lipinski definition) is 3. The van der Waals surface area contributed by atoms with Crippen LogP contribution in [0.2, 0.25) is 0 Å². The number of fused-ring (bicyclic) bond motifs is 1. The van der Waals surface area contributed by atoms with Crippen molar-refractivity contribution in [1.29, 1.82) is 0 Å². The summed E-state index contributed by atoms with van der Waals surface area (Å²) < 4.78 is 67.7. The lowest BCUT2D eigenvalue weighted by atomic mass is 10.1. The molecular weight excluding hydrogens is 365 g/mol. The Morgan fingerprint density at radius 2 is 1.50 bits per heavy atom. The Hall–Kier alpha value is -2.74. The molecule has 26 heavy (non-hydrogen) atoms. The van der Waals surface area contributed by atoms with Crippen molar-refractivity contribution in [3.8, 4) is 0 Å². The Balaban J connectivity index is 2.14. The van der Waals surface area contributed by atoms with Crippen molar-refractivity contribution in [3.05, 3.63) is 66.0 Å². The third-order valence-electron chi connectivity index (χ3n) is 3.91. The molecule has 0 aliphatic carbocycles. The van der Waals surface area contributed by atoms with E-state index >= 15 is 0 Å². The highest BCUT2D eigenvalue weighted by molar-refractivity contribution is 7.93. The minimum atomic E-state index is -4.23. The van der Waals surface area contributed by atoms with Gasteiger partial charge in [-0.3, -0.25) is 4.72 Å². The van der Waals surface area contributed by atoms with Crippen LogP contribution in [0.4, 0.5) is 24.5 Å². The zero-order valence-corrected chi connectivity index (χ0v) is 14.7. The smallest absolute Gasteiger partial charge is 0.262 e. The van der Waals surface area contributed by atoms with Gasteiger partial charge in [-0.1, -0.05) is 24.3 Å². The van der Waals surface area contributed by atoms with E-state index in [1.54, 1.807) is 24.3 Å². The van der Waals surface area contributed by atoms with Gasteiger partial charge in [-0.05, 0) is 24.3 Å². The molecule has 0 bridgehead atoms. The molecule has 0 spiro atoms. The Kier molecular flexibility index (Phi) is 4.53. The Bertz CT molecular complexity index is 1100. The molecule has 0 heterocycles. The van der Waals surface area contributed by atoms with Crippen LogP contribution < -0.4 is 9.62 Å². The van der Waals surface area contributed by atoms with Crippen LogP contribution in [-0.2, 0) is 10.0 Å². The van der Waals surface area contributed by atoms with E-state index in [1.165, 1.54) is 6.07 Å². The monoisotopic (exact) mass is 380 g/mol. The van der Waals surface area contributed by atoms with Crippen molar-refractivity contribution in [1.82, 2.24) is 0 Å². The molecule has 0 fully saturated rings. The molecule has 0 amide bonds. The topological polar surface area (TPSA) is 49.4 Å². The van der Waals surface area contributed by atoms with E-state index in [0.29, 0.717) is 16.8 Å². The highest BCUT2D eigenvalue weighted by atomic mass is 32.2. The van der Waals surface area contributed by atoms with Crippen molar-refractivity contribution in [3.63, 3.8) is 0 Å². The number of benzene rings is 3. The normalized spacial score (nSPS) is 11.6. The highest BCUT2D eigenvalue weighted by Crippen LogP contribution is 2.31. The second kappa shape index (κ2) is 6.53. The first kappa shape index (κ1) is 18.1. The molecule has 0 aromatic heterocycles. The van der Waals surface area contributed by atoms with E-state index in [-0.39, 0.29) is 4.90 Å². The van der Waals surface area contributed by atoms with Gasteiger partial charge >= 0.3 is 0 Å².